The fourth-order valence-electron chi connectivity index (χ4n) is 5.15. The third kappa shape index (κ3) is 2.92. The van der Waals surface area contributed by atoms with Gasteiger partial charge in [-0.2, -0.15) is 0 Å². The van der Waals surface area contributed by atoms with Crippen molar-refractivity contribution < 1.29 is 0 Å². The minimum absolute atomic E-state index is 0.358. The molecule has 0 bridgehead atoms. The zero-order valence-electron chi connectivity index (χ0n) is 13.4. The van der Waals surface area contributed by atoms with Crippen molar-refractivity contribution in [3.63, 3.8) is 0 Å². The maximum Gasteiger partial charge on any atom is 0.0337 e. The van der Waals surface area contributed by atoms with E-state index in [1.54, 1.807) is 0 Å². The van der Waals surface area contributed by atoms with Crippen LogP contribution in [0.5, 0.6) is 0 Å². The number of rotatable bonds is 4. The molecule has 0 aromatic rings. The first kappa shape index (κ1) is 14.8. The summed E-state index contributed by atoms with van der Waals surface area (Å²) in [6.45, 7) is 4.59. The molecule has 20 heavy (non-hydrogen) atoms. The number of likely N-dealkylation sites (tertiary alicyclic amines) is 1. The van der Waals surface area contributed by atoms with Crippen molar-refractivity contribution in [1.82, 2.24) is 4.90 Å². The lowest BCUT2D eigenvalue weighted by molar-refractivity contribution is -0.00142. The first-order chi connectivity index (χ1) is 9.79. The Morgan fingerprint density at radius 2 is 1.85 bits per heavy atom. The van der Waals surface area contributed by atoms with E-state index >= 15 is 0 Å². The van der Waals surface area contributed by atoms with E-state index in [2.05, 4.69) is 11.8 Å². The van der Waals surface area contributed by atoms with Crippen LogP contribution in [0.3, 0.4) is 0 Å². The van der Waals surface area contributed by atoms with E-state index in [9.17, 15) is 0 Å². The second-order valence-corrected chi connectivity index (χ2v) is 7.73. The van der Waals surface area contributed by atoms with Gasteiger partial charge in [-0.1, -0.05) is 32.6 Å². The molecular formula is C18H34N2. The third-order valence-corrected chi connectivity index (χ3v) is 6.49. The van der Waals surface area contributed by atoms with Crippen molar-refractivity contribution in [2.24, 2.45) is 17.6 Å². The highest BCUT2D eigenvalue weighted by molar-refractivity contribution is 5.01. The molecule has 2 saturated carbocycles. The molecule has 3 aliphatic rings. The number of nitrogens with zero attached hydrogens (tertiary/aromatic N) is 1. The summed E-state index contributed by atoms with van der Waals surface area (Å²) in [5, 5.41) is 0. The lowest BCUT2D eigenvalue weighted by Gasteiger charge is -2.51. The quantitative estimate of drug-likeness (QED) is 0.844. The van der Waals surface area contributed by atoms with Gasteiger partial charge in [-0.3, -0.25) is 4.90 Å². The monoisotopic (exact) mass is 278 g/mol. The van der Waals surface area contributed by atoms with Crippen molar-refractivity contribution in [3.05, 3.63) is 0 Å². The van der Waals surface area contributed by atoms with Crippen molar-refractivity contribution in [1.29, 1.82) is 0 Å². The van der Waals surface area contributed by atoms with Gasteiger partial charge >= 0.3 is 0 Å². The molecule has 0 amide bonds. The van der Waals surface area contributed by atoms with Crippen molar-refractivity contribution in [2.45, 2.75) is 89.1 Å². The Morgan fingerprint density at radius 1 is 1.00 bits per heavy atom. The second-order valence-electron chi connectivity index (χ2n) is 7.73. The predicted octanol–water partition coefficient (Wildman–Crippen LogP) is 3.94. The highest BCUT2D eigenvalue weighted by Crippen LogP contribution is 2.48. The van der Waals surface area contributed by atoms with Crippen molar-refractivity contribution >= 4 is 0 Å². The van der Waals surface area contributed by atoms with Gasteiger partial charge in [0, 0.05) is 18.1 Å². The van der Waals surface area contributed by atoms with E-state index in [1.807, 2.05) is 0 Å². The Balaban J connectivity index is 1.77. The minimum atomic E-state index is 0.358. The van der Waals surface area contributed by atoms with Crippen LogP contribution in [0, 0.1) is 11.8 Å². The van der Waals surface area contributed by atoms with Gasteiger partial charge in [-0.05, 0) is 63.3 Å². The summed E-state index contributed by atoms with van der Waals surface area (Å²) in [5.74, 6) is 2.06. The fraction of sp³-hybridized carbons (Fsp3) is 1.00. The maximum atomic E-state index is 6.38. The van der Waals surface area contributed by atoms with Crippen LogP contribution in [-0.4, -0.2) is 29.6 Å². The predicted molar refractivity (Wildman–Crippen MR) is 85.7 cm³/mol. The molecule has 0 spiro atoms. The number of nitrogens with two attached hydrogens (primary N) is 1. The Kier molecular flexibility index (Phi) is 4.72. The lowest BCUT2D eigenvalue weighted by atomic mass is 9.72. The van der Waals surface area contributed by atoms with E-state index < -0.39 is 0 Å². The Morgan fingerprint density at radius 3 is 2.55 bits per heavy atom. The van der Waals surface area contributed by atoms with Crippen LogP contribution in [0.15, 0.2) is 0 Å². The zero-order chi connectivity index (χ0) is 14.0. The van der Waals surface area contributed by atoms with Gasteiger partial charge in [0.15, 0.2) is 0 Å². The Bertz CT molecular complexity index is 313. The summed E-state index contributed by atoms with van der Waals surface area (Å²) >= 11 is 0. The molecule has 0 aromatic heterocycles. The molecule has 3 rings (SSSR count). The molecule has 3 unspecified atom stereocenters. The van der Waals surface area contributed by atoms with Crippen molar-refractivity contribution in [3.8, 4) is 0 Å². The normalized spacial score (nSPS) is 40.5. The molecule has 2 nitrogen and oxygen atoms in total. The van der Waals surface area contributed by atoms with E-state index in [4.69, 9.17) is 5.73 Å². The summed E-state index contributed by atoms with van der Waals surface area (Å²) in [5.41, 5.74) is 6.74. The van der Waals surface area contributed by atoms with E-state index in [1.165, 1.54) is 77.2 Å². The molecule has 3 atom stereocenters. The summed E-state index contributed by atoms with van der Waals surface area (Å²) in [4.78, 5) is 2.90. The maximum absolute atomic E-state index is 6.38. The summed E-state index contributed by atoms with van der Waals surface area (Å²) in [6.07, 6.45) is 15.7. The van der Waals surface area contributed by atoms with Gasteiger partial charge < -0.3 is 5.73 Å². The fourth-order valence-corrected chi connectivity index (χ4v) is 5.15. The van der Waals surface area contributed by atoms with Crippen LogP contribution in [0.2, 0.25) is 0 Å². The van der Waals surface area contributed by atoms with Gasteiger partial charge in [0.05, 0.1) is 0 Å². The highest BCUT2D eigenvalue weighted by atomic mass is 15.2. The smallest absolute Gasteiger partial charge is 0.0337 e. The molecule has 116 valence electrons. The highest BCUT2D eigenvalue weighted by Gasteiger charge is 2.46. The standard InChI is InChI=1S/C18H34N2/c1-2-17-8-4-3-5-12-20(17)18(14-19)11-6-7-16(13-18)15-9-10-15/h15-17H,2-14,19H2,1H3. The molecule has 1 heterocycles. The molecule has 2 N–H and O–H groups in total. The molecule has 2 aliphatic carbocycles. The average molecular weight is 278 g/mol. The molecular weight excluding hydrogens is 244 g/mol. The molecule has 1 aliphatic heterocycles. The largest absolute Gasteiger partial charge is 0.329 e. The molecule has 1 saturated heterocycles. The van der Waals surface area contributed by atoms with Crippen LogP contribution in [0.1, 0.15) is 77.6 Å². The van der Waals surface area contributed by atoms with Crippen LogP contribution in [0.4, 0.5) is 0 Å². The number of hydrogen-bond acceptors (Lipinski definition) is 2. The first-order valence-electron chi connectivity index (χ1n) is 9.26. The SMILES string of the molecule is CCC1CCCCCN1C1(CN)CCCC(C2CC2)C1. The van der Waals surface area contributed by atoms with Gasteiger partial charge in [-0.25, -0.2) is 0 Å². The Hall–Kier alpha value is -0.0800. The minimum Gasteiger partial charge on any atom is -0.329 e. The second kappa shape index (κ2) is 6.36. The van der Waals surface area contributed by atoms with E-state index in [0.717, 1.165) is 24.4 Å². The van der Waals surface area contributed by atoms with Crippen LogP contribution in [-0.2, 0) is 0 Å². The van der Waals surface area contributed by atoms with Gasteiger partial charge in [0.2, 0.25) is 0 Å². The molecule has 0 radical (unpaired) electrons. The molecule has 0 aromatic carbocycles. The lowest BCUT2D eigenvalue weighted by Crippen LogP contribution is -2.59. The third-order valence-electron chi connectivity index (χ3n) is 6.49. The molecule has 3 fully saturated rings. The van der Waals surface area contributed by atoms with Crippen LogP contribution < -0.4 is 5.73 Å². The molecule has 2 heteroatoms. The summed E-state index contributed by atoms with van der Waals surface area (Å²) in [7, 11) is 0. The van der Waals surface area contributed by atoms with Crippen LogP contribution in [0.25, 0.3) is 0 Å². The average Bonchev–Trinajstić information content (AvgIpc) is 3.33. The van der Waals surface area contributed by atoms with Gasteiger partial charge in [-0.15, -0.1) is 0 Å². The van der Waals surface area contributed by atoms with Gasteiger partial charge in [0.1, 0.15) is 0 Å². The Labute approximate surface area is 125 Å². The first-order valence-corrected chi connectivity index (χ1v) is 9.26. The van der Waals surface area contributed by atoms with Gasteiger partial charge in [0.25, 0.3) is 0 Å². The van der Waals surface area contributed by atoms with E-state index in [-0.39, 0.29) is 0 Å². The topological polar surface area (TPSA) is 29.3 Å². The number of hydrogen-bond donors (Lipinski definition) is 1. The van der Waals surface area contributed by atoms with Crippen LogP contribution >= 0.6 is 0 Å². The summed E-state index contributed by atoms with van der Waals surface area (Å²) < 4.78 is 0. The zero-order valence-corrected chi connectivity index (χ0v) is 13.4. The van der Waals surface area contributed by atoms with Crippen molar-refractivity contribution in [2.75, 3.05) is 13.1 Å². The summed E-state index contributed by atoms with van der Waals surface area (Å²) in [6, 6.07) is 0.805. The van der Waals surface area contributed by atoms with E-state index in [0.29, 0.717) is 5.54 Å².